The zero-order valence-electron chi connectivity index (χ0n) is 76.6. The van der Waals surface area contributed by atoms with Crippen LogP contribution in [-0.4, -0.2) is 312 Å². The number of nitrogens with one attached hydrogen (secondary N) is 2. The first kappa shape index (κ1) is 105. The number of ether oxygens (including phenoxy) is 27. The number of carbonyl (C=O) groups excluding carboxylic acids is 2. The minimum absolute atomic E-state index is 0.0667. The molecule has 31 heteroatoms. The maximum atomic E-state index is 14.7. The lowest BCUT2D eigenvalue weighted by Gasteiger charge is -2.58. The van der Waals surface area contributed by atoms with Gasteiger partial charge in [-0.2, -0.15) is 0 Å². The van der Waals surface area contributed by atoms with Crippen LogP contribution in [0.5, 0.6) is 46.0 Å². The normalized spacial score (nSPS) is 19.3. The van der Waals surface area contributed by atoms with E-state index in [0.717, 1.165) is 49.4 Å². The lowest BCUT2D eigenvalue weighted by atomic mass is 9.47. The van der Waals surface area contributed by atoms with Crippen molar-refractivity contribution < 1.29 is 137 Å². The summed E-state index contributed by atoms with van der Waals surface area (Å²) in [4.78, 5) is 28.4. The van der Waals surface area contributed by atoms with Gasteiger partial charge in [-0.15, -0.1) is 0 Å². The Bertz CT molecular complexity index is 3110. The second-order valence-corrected chi connectivity index (χ2v) is 32.3. The molecule has 0 aliphatic heterocycles. The van der Waals surface area contributed by atoms with Crippen molar-refractivity contribution in [3.05, 3.63) is 70.8 Å². The van der Waals surface area contributed by atoms with Crippen molar-refractivity contribution in [2.45, 2.75) is 125 Å². The number of amides is 2. The molecule has 31 nitrogen and oxygen atoms in total. The van der Waals surface area contributed by atoms with Crippen molar-refractivity contribution in [1.29, 1.82) is 0 Å². The number of carbonyl (C=O) groups is 2. The highest BCUT2D eigenvalue weighted by Crippen LogP contribution is 2.67. The maximum Gasteiger partial charge on any atom is 0.407 e. The Morgan fingerprint density at radius 1 is 0.387 bits per heavy atom. The minimum atomic E-state index is -0.518. The Balaban J connectivity index is 1.13. The van der Waals surface area contributed by atoms with Crippen LogP contribution in [0.2, 0.25) is 0 Å². The maximum absolute atomic E-state index is 14.7. The molecule has 3 fully saturated rings. The molecule has 0 aromatic heterocycles. The third kappa shape index (κ3) is 39.4. The Hall–Kier alpha value is -6.18. The van der Waals surface area contributed by atoms with Crippen LogP contribution in [0.1, 0.15) is 127 Å². The highest BCUT2D eigenvalue weighted by Gasteiger charge is 2.59. The molecule has 0 spiro atoms. The summed E-state index contributed by atoms with van der Waals surface area (Å²) in [6.07, 6.45) is 14.7. The number of allylic oxidation sites excluding steroid dienone is 1. The average Bonchev–Trinajstić information content (AvgIpc) is 1.41. The van der Waals surface area contributed by atoms with Crippen molar-refractivity contribution in [3.63, 3.8) is 0 Å². The van der Waals surface area contributed by atoms with E-state index in [1.807, 2.05) is 0 Å². The molecule has 3 saturated carbocycles. The van der Waals surface area contributed by atoms with E-state index in [-0.39, 0.29) is 134 Å². The Labute approximate surface area is 738 Å². The van der Waals surface area contributed by atoms with E-state index in [9.17, 15) is 9.59 Å². The van der Waals surface area contributed by atoms with Crippen molar-refractivity contribution in [2.75, 3.05) is 294 Å². The standard InChI is InChI=1S/C93H152N2O29/c1-71(2)13-12-14-72(3)81-17-18-82-80-16-15-76-67-77(19-21-92(76,4)83(80)20-22-93(81,82)5)124-91(97)95-24-23-94-90(96)75-65-78(122-69-73-61-84(116-55-49-110-43-37-104-31-25-98-6)88(120-59-53-114-47-41-108-35-29-102-10)85(62-73)117-56-50-111-44-38-105-32-26-99-7)68-79(66-75)123-70-74-63-86(118-57-51-112-45-39-106-33-27-100-8)89(121-60-54-115-48-42-109-36-30-103-11)87(64-74)119-58-52-113-46-40-107-34-28-101-9/h15,61-66,68,71-72,77,80-83H,12-14,16-60,67,69-70H2,1-11H3,(H,94,96)(H,95,97)/t72-,77+,80+,81-,82+,83+,92+,93-/m1/s1. The molecule has 3 aromatic carbocycles. The first-order valence-corrected chi connectivity index (χ1v) is 45.0. The van der Waals surface area contributed by atoms with Crippen LogP contribution in [0.15, 0.2) is 54.1 Å². The number of hydrogen-bond donors (Lipinski definition) is 2. The molecule has 4 aliphatic rings. The SMILES string of the molecule is COCCOCCOCCOc1cc(COc2cc(OCc3cc(OCCOCCOCCOC)c(OCCOCCOCCOC)c(OCCOCCOCCOC)c3)cc(C(=O)NCCNC(=O)O[C@H]3CC[C@@]4(C)C(=CC[C@H]5[C@@H]6CC[C@H]([C@H](C)CCCC(C)C)[C@@]6(C)CC[C@@H]54)C3)c2)cc(OCCOCCOCCOC)c1OCCOCCOCCOC. The van der Waals surface area contributed by atoms with Gasteiger partial charge in [0.05, 0.1) is 198 Å². The van der Waals surface area contributed by atoms with Crippen LogP contribution in [0.3, 0.4) is 0 Å². The number of methoxy groups -OCH3 is 6. The highest BCUT2D eigenvalue weighted by atomic mass is 16.6. The second kappa shape index (κ2) is 63.7. The Morgan fingerprint density at radius 2 is 0.750 bits per heavy atom. The van der Waals surface area contributed by atoms with Gasteiger partial charge in [0.2, 0.25) is 11.5 Å². The number of hydrogen-bond acceptors (Lipinski definition) is 29. The van der Waals surface area contributed by atoms with Crippen LogP contribution < -0.4 is 48.5 Å². The quantitative estimate of drug-likeness (QED) is 0.0392. The molecule has 3 aromatic rings. The molecule has 0 unspecified atom stereocenters. The summed E-state index contributed by atoms with van der Waals surface area (Å²) >= 11 is 0. The highest BCUT2D eigenvalue weighted by molar-refractivity contribution is 5.95. The van der Waals surface area contributed by atoms with Crippen molar-refractivity contribution >= 4 is 12.0 Å². The predicted molar refractivity (Wildman–Crippen MR) is 466 cm³/mol. The van der Waals surface area contributed by atoms with Crippen LogP contribution in [0, 0.1) is 46.3 Å². The number of rotatable bonds is 76. The van der Waals surface area contributed by atoms with Gasteiger partial charge in [0, 0.05) is 73.8 Å². The molecule has 124 heavy (non-hydrogen) atoms. The fourth-order valence-electron chi connectivity index (χ4n) is 16.8. The van der Waals surface area contributed by atoms with Gasteiger partial charge in [-0.25, -0.2) is 4.79 Å². The van der Waals surface area contributed by atoms with Gasteiger partial charge in [0.15, 0.2) is 23.0 Å². The molecular formula is C93H152N2O29. The summed E-state index contributed by atoms with van der Waals surface area (Å²) in [5.41, 5.74) is 3.38. The summed E-state index contributed by atoms with van der Waals surface area (Å²) in [7, 11) is 9.72. The number of fused-ring (bicyclic) bond motifs is 5. The zero-order chi connectivity index (χ0) is 88.3. The van der Waals surface area contributed by atoms with E-state index < -0.39 is 12.0 Å². The first-order chi connectivity index (χ1) is 60.7. The van der Waals surface area contributed by atoms with E-state index in [1.54, 1.807) is 85.1 Å². The minimum Gasteiger partial charge on any atom is -0.489 e. The van der Waals surface area contributed by atoms with E-state index >= 15 is 0 Å². The van der Waals surface area contributed by atoms with Gasteiger partial charge in [-0.3, -0.25) is 4.79 Å². The van der Waals surface area contributed by atoms with E-state index in [2.05, 4.69) is 51.3 Å². The lowest BCUT2D eigenvalue weighted by Crippen LogP contribution is -2.51. The van der Waals surface area contributed by atoms with Gasteiger partial charge in [0.25, 0.3) is 5.91 Å². The van der Waals surface area contributed by atoms with Crippen molar-refractivity contribution in [3.8, 4) is 46.0 Å². The zero-order valence-corrected chi connectivity index (χ0v) is 76.6. The first-order valence-electron chi connectivity index (χ1n) is 45.0. The van der Waals surface area contributed by atoms with Crippen LogP contribution in [0.25, 0.3) is 0 Å². The van der Waals surface area contributed by atoms with E-state index in [1.165, 1.54) is 50.5 Å². The topological polar surface area (TPSA) is 307 Å². The largest absolute Gasteiger partial charge is 0.489 e. The van der Waals surface area contributed by atoms with Gasteiger partial charge >= 0.3 is 6.09 Å². The molecule has 0 bridgehead atoms. The van der Waals surface area contributed by atoms with E-state index in [0.29, 0.717) is 221 Å². The van der Waals surface area contributed by atoms with Gasteiger partial charge in [0.1, 0.15) is 70.5 Å². The van der Waals surface area contributed by atoms with Gasteiger partial charge < -0.3 is 139 Å². The Kier molecular flexibility index (Phi) is 53.9. The van der Waals surface area contributed by atoms with Crippen molar-refractivity contribution in [1.82, 2.24) is 10.6 Å². The van der Waals surface area contributed by atoms with Gasteiger partial charge in [-0.1, -0.05) is 65.5 Å². The molecule has 0 heterocycles. The van der Waals surface area contributed by atoms with Crippen LogP contribution in [-0.2, 0) is 103 Å². The second-order valence-electron chi connectivity index (χ2n) is 32.3. The molecule has 0 radical (unpaired) electrons. The molecule has 0 saturated heterocycles. The smallest absolute Gasteiger partial charge is 0.407 e. The molecule has 2 N–H and O–H groups in total. The summed E-state index contributed by atoms with van der Waals surface area (Å²) in [5, 5.41) is 5.94. The fourth-order valence-corrected chi connectivity index (χ4v) is 16.8. The molecule has 7 rings (SSSR count). The van der Waals surface area contributed by atoms with Crippen LogP contribution >= 0.6 is 0 Å². The molecule has 8 atom stereocenters. The number of alkyl carbamates (subject to hydrolysis) is 1. The Morgan fingerprint density at radius 3 is 1.13 bits per heavy atom. The predicted octanol–water partition coefficient (Wildman–Crippen LogP) is 12.1. The van der Waals surface area contributed by atoms with E-state index in [4.69, 9.17) is 128 Å². The monoisotopic (exact) mass is 1760 g/mol. The fraction of sp³-hybridized carbons (Fsp3) is 0.763. The van der Waals surface area contributed by atoms with Crippen molar-refractivity contribution in [2.24, 2.45) is 46.3 Å². The molecule has 708 valence electrons. The summed E-state index contributed by atoms with van der Waals surface area (Å²) in [5.74, 6) is 6.50. The molecular weight excluding hydrogens is 1610 g/mol. The summed E-state index contributed by atoms with van der Waals surface area (Å²) in [6, 6.07) is 12.1. The third-order valence-corrected chi connectivity index (χ3v) is 23.0. The number of benzene rings is 3. The van der Waals surface area contributed by atoms with Gasteiger partial charge in [-0.05, 0) is 139 Å². The molecule has 4 aliphatic carbocycles. The lowest BCUT2D eigenvalue weighted by molar-refractivity contribution is -0.0581. The average molecular weight is 1760 g/mol. The third-order valence-electron chi connectivity index (χ3n) is 23.0. The van der Waals surface area contributed by atoms with Crippen LogP contribution in [0.4, 0.5) is 4.79 Å². The summed E-state index contributed by atoms with van der Waals surface area (Å²) in [6.45, 7) is 24.3. The molecule has 2 amide bonds. The summed E-state index contributed by atoms with van der Waals surface area (Å²) < 4.78 is 158.